The Labute approximate surface area is 273 Å². The molecule has 3 atom stereocenters. The topological polar surface area (TPSA) is 182 Å². The molecule has 1 heterocycles. The van der Waals surface area contributed by atoms with E-state index >= 15 is 0 Å². The fourth-order valence-electron chi connectivity index (χ4n) is 4.20. The lowest BCUT2D eigenvalue weighted by Crippen LogP contribution is -2.48. The van der Waals surface area contributed by atoms with Gasteiger partial charge in [0, 0.05) is 41.6 Å². The molecule has 0 spiro atoms. The third-order valence-corrected chi connectivity index (χ3v) is 6.64. The molecule has 0 radical (unpaired) electrons. The molecule has 0 fully saturated rings. The predicted molar refractivity (Wildman–Crippen MR) is 179 cm³/mol. The van der Waals surface area contributed by atoms with E-state index in [9.17, 15) is 19.5 Å². The van der Waals surface area contributed by atoms with E-state index in [0.29, 0.717) is 25.9 Å². The summed E-state index contributed by atoms with van der Waals surface area (Å²) in [6, 6.07) is 6.11. The van der Waals surface area contributed by atoms with Crippen molar-refractivity contribution in [3.05, 3.63) is 30.0 Å². The number of amides is 2. The molecule has 1 unspecified atom stereocenters. The van der Waals surface area contributed by atoms with Crippen molar-refractivity contribution in [1.29, 1.82) is 0 Å². The number of halogens is 3. The van der Waals surface area contributed by atoms with Crippen LogP contribution in [0.4, 0.5) is 5.69 Å². The lowest BCUT2D eigenvalue weighted by atomic mass is 9.91. The molecule has 0 aliphatic carbocycles. The van der Waals surface area contributed by atoms with Gasteiger partial charge in [0.25, 0.3) is 0 Å². The number of hydrogen-bond donors (Lipinski definition) is 6. The monoisotopic (exact) mass is 666 g/mol. The summed E-state index contributed by atoms with van der Waals surface area (Å²) in [5.41, 5.74) is 13.9. The summed E-state index contributed by atoms with van der Waals surface area (Å²) in [5.74, 6) is -1.29. The number of carboxylic acids is 1. The zero-order valence-corrected chi connectivity index (χ0v) is 28.1. The van der Waals surface area contributed by atoms with E-state index < -0.39 is 24.0 Å². The number of carboxylic acid groups (broad SMARTS) is 1. The maximum absolute atomic E-state index is 12.3. The van der Waals surface area contributed by atoms with Gasteiger partial charge in [-0.2, -0.15) is 0 Å². The van der Waals surface area contributed by atoms with Crippen LogP contribution >= 0.6 is 37.2 Å². The fourth-order valence-corrected chi connectivity index (χ4v) is 4.20. The quantitative estimate of drug-likeness (QED) is 0.145. The molecule has 1 aromatic heterocycles. The van der Waals surface area contributed by atoms with E-state index in [2.05, 4.69) is 49.7 Å². The summed E-state index contributed by atoms with van der Waals surface area (Å²) in [6.45, 7) is 9.31. The van der Waals surface area contributed by atoms with E-state index in [-0.39, 0.29) is 67.4 Å². The Bertz CT molecular complexity index is 1170. The van der Waals surface area contributed by atoms with E-state index in [4.69, 9.17) is 21.2 Å². The first-order valence-corrected chi connectivity index (χ1v) is 13.9. The van der Waals surface area contributed by atoms with Crippen LogP contribution in [0.25, 0.3) is 10.9 Å². The number of hydrogen-bond acceptors (Lipinski definition) is 8. The Morgan fingerprint density at radius 2 is 1.72 bits per heavy atom. The highest BCUT2D eigenvalue weighted by molar-refractivity contribution is 5.92. The Kier molecular flexibility index (Phi) is 20.2. The van der Waals surface area contributed by atoms with Gasteiger partial charge in [0.2, 0.25) is 11.8 Å². The molecule has 0 aliphatic heterocycles. The lowest BCUT2D eigenvalue weighted by molar-refractivity contribution is -0.142. The molecule has 0 aliphatic rings. The van der Waals surface area contributed by atoms with Crippen molar-refractivity contribution in [2.75, 3.05) is 25.5 Å². The molecule has 2 rings (SSSR count). The normalized spacial score (nSPS) is 12.8. The van der Waals surface area contributed by atoms with Crippen molar-refractivity contribution < 1.29 is 24.2 Å². The van der Waals surface area contributed by atoms with Crippen LogP contribution in [0.3, 0.4) is 0 Å². The molecule has 43 heavy (non-hydrogen) atoms. The summed E-state index contributed by atoms with van der Waals surface area (Å²) in [6.07, 6.45) is 2.38. The number of carbonyl (C=O) groups excluding carboxylic acids is 2. The van der Waals surface area contributed by atoms with Crippen LogP contribution in [0.2, 0.25) is 0 Å². The highest BCUT2D eigenvalue weighted by Crippen LogP contribution is 2.31. The molecule has 2 aromatic rings. The van der Waals surface area contributed by atoms with E-state index in [1.165, 1.54) is 0 Å². The minimum absolute atomic E-state index is 0. The number of carbonyl (C=O) groups is 3. The van der Waals surface area contributed by atoms with Gasteiger partial charge in [-0.15, -0.1) is 37.2 Å². The molecule has 8 N–H and O–H groups in total. The number of methoxy groups -OCH3 is 1. The van der Waals surface area contributed by atoms with Crippen molar-refractivity contribution in [2.24, 2.45) is 11.5 Å². The van der Waals surface area contributed by atoms with Crippen LogP contribution in [0.5, 0.6) is 5.75 Å². The summed E-state index contributed by atoms with van der Waals surface area (Å²) < 4.78 is 5.48. The minimum atomic E-state index is -1.21. The van der Waals surface area contributed by atoms with Gasteiger partial charge in [0.05, 0.1) is 24.4 Å². The van der Waals surface area contributed by atoms with Gasteiger partial charge >= 0.3 is 5.97 Å². The van der Waals surface area contributed by atoms with Crippen LogP contribution < -0.4 is 32.2 Å². The number of nitrogens with zero attached hydrogens (tertiary/aromatic N) is 1. The van der Waals surface area contributed by atoms with Gasteiger partial charge < -0.3 is 37.3 Å². The summed E-state index contributed by atoms with van der Waals surface area (Å²) in [4.78, 5) is 40.9. The highest BCUT2D eigenvalue weighted by Gasteiger charge is 2.24. The zero-order chi connectivity index (χ0) is 29.9. The molecular weight excluding hydrogens is 619 g/mol. The van der Waals surface area contributed by atoms with Crippen molar-refractivity contribution in [3.63, 3.8) is 0 Å². The number of rotatable bonds is 16. The van der Waals surface area contributed by atoms with Gasteiger partial charge in [0.15, 0.2) is 0 Å². The Hall–Kier alpha value is -2.57. The molecule has 11 nitrogen and oxygen atoms in total. The second-order valence-electron chi connectivity index (χ2n) is 11.2. The number of benzene rings is 1. The molecule has 1 aromatic carbocycles. The van der Waals surface area contributed by atoms with Crippen molar-refractivity contribution in [1.82, 2.24) is 15.6 Å². The molecule has 0 saturated heterocycles. The second-order valence-corrected chi connectivity index (χ2v) is 11.2. The molecule has 2 amide bonds. The largest absolute Gasteiger partial charge is 0.497 e. The Morgan fingerprint density at radius 3 is 2.30 bits per heavy atom. The Morgan fingerprint density at radius 1 is 1.05 bits per heavy atom. The van der Waals surface area contributed by atoms with E-state index in [1.54, 1.807) is 7.11 Å². The SMILES string of the molecule is COc1cc(NC(C)CCCNC(=O)CC[C@@H](NC(=O)[C@@H](N)CCCN)C(=O)O)c2nc(C(C)(C)C)ccc2c1.Cl.Cl.Cl. The average molecular weight is 668 g/mol. The van der Waals surface area contributed by atoms with Gasteiger partial charge in [-0.05, 0) is 57.7 Å². The maximum atomic E-state index is 12.3. The number of fused-ring (bicyclic) bond motifs is 1. The zero-order valence-electron chi connectivity index (χ0n) is 25.6. The van der Waals surface area contributed by atoms with Crippen LogP contribution in [0.15, 0.2) is 24.3 Å². The van der Waals surface area contributed by atoms with Gasteiger partial charge in [-0.25, -0.2) is 4.79 Å². The van der Waals surface area contributed by atoms with E-state index in [1.807, 2.05) is 18.2 Å². The molecule has 0 saturated carbocycles. The molecule has 0 bridgehead atoms. The summed E-state index contributed by atoms with van der Waals surface area (Å²) in [5, 5.41) is 19.2. The molecular formula is C29H49Cl3N6O5. The van der Waals surface area contributed by atoms with Crippen molar-refractivity contribution >= 4 is 71.6 Å². The number of anilines is 1. The van der Waals surface area contributed by atoms with Crippen LogP contribution in [-0.2, 0) is 19.8 Å². The van der Waals surface area contributed by atoms with Crippen molar-refractivity contribution in [2.45, 2.75) is 89.8 Å². The number of nitrogens with two attached hydrogens (primary N) is 2. The third-order valence-electron chi connectivity index (χ3n) is 6.64. The number of aliphatic carboxylic acids is 1. The second kappa shape index (κ2) is 20.4. The summed E-state index contributed by atoms with van der Waals surface area (Å²) >= 11 is 0. The predicted octanol–water partition coefficient (Wildman–Crippen LogP) is 3.92. The lowest BCUT2D eigenvalue weighted by Gasteiger charge is -2.21. The first-order chi connectivity index (χ1) is 18.8. The summed E-state index contributed by atoms with van der Waals surface area (Å²) in [7, 11) is 1.64. The van der Waals surface area contributed by atoms with Crippen molar-refractivity contribution in [3.8, 4) is 5.75 Å². The first kappa shape index (κ1) is 42.6. The van der Waals surface area contributed by atoms with E-state index in [0.717, 1.165) is 40.9 Å². The number of ether oxygens (including phenoxy) is 1. The third kappa shape index (κ3) is 14.2. The maximum Gasteiger partial charge on any atom is 0.326 e. The van der Waals surface area contributed by atoms with Crippen LogP contribution in [-0.4, -0.2) is 66.2 Å². The fraction of sp³-hybridized carbons (Fsp3) is 0.586. The van der Waals surface area contributed by atoms with Crippen LogP contribution in [0, 0.1) is 0 Å². The average Bonchev–Trinajstić information content (AvgIpc) is 2.90. The molecule has 246 valence electrons. The standard InChI is InChI=1S/C29H46N6O5.3ClH/c1-18(33-23-17-20(40-5)16-19-10-12-24(29(2,3)4)35-26(19)23)8-7-15-32-25(36)13-11-22(28(38)39)34-27(37)21(31)9-6-14-30;;;/h10,12,16-18,21-22,33H,6-9,11,13-15,30-31H2,1-5H3,(H,32,36)(H,34,37)(H,38,39);3*1H/t18?,21-,22+;;;/m0.../s1. The minimum Gasteiger partial charge on any atom is -0.497 e. The first-order valence-electron chi connectivity index (χ1n) is 13.9. The van der Waals surface area contributed by atoms with Gasteiger partial charge in [-0.1, -0.05) is 26.8 Å². The number of nitrogens with one attached hydrogen (secondary N) is 3. The van der Waals surface area contributed by atoms with Crippen LogP contribution in [0.1, 0.15) is 71.9 Å². The number of aromatic nitrogens is 1. The Balaban J connectivity index is 0. The highest BCUT2D eigenvalue weighted by atomic mass is 35.5. The smallest absolute Gasteiger partial charge is 0.326 e. The number of pyridine rings is 1. The molecule has 14 heteroatoms. The van der Waals surface area contributed by atoms with Gasteiger partial charge in [-0.3, -0.25) is 14.6 Å². The van der Waals surface area contributed by atoms with Gasteiger partial charge in [0.1, 0.15) is 11.8 Å².